The standard InChI is InChI=1S/C10H10N6O3S/c1-16-10(14-8(18)9(19)15-16)20-6-2-4(7(12)17)5(11)3-13-6/h2-3H,11H2,1H3,(H2,12,17)(H,15,19). The summed E-state index contributed by atoms with van der Waals surface area (Å²) in [4.78, 5) is 41.1. The zero-order valence-corrected chi connectivity index (χ0v) is 11.1. The number of pyridine rings is 1. The third kappa shape index (κ3) is 2.69. The van der Waals surface area contributed by atoms with E-state index in [1.165, 1.54) is 24.0 Å². The Labute approximate surface area is 116 Å². The lowest BCUT2D eigenvalue weighted by atomic mass is 10.2. The molecule has 0 radical (unpaired) electrons. The molecule has 0 spiro atoms. The number of aromatic amines is 1. The van der Waals surface area contributed by atoms with Crippen LogP contribution in [0.1, 0.15) is 10.4 Å². The Hall–Kier alpha value is -2.62. The zero-order chi connectivity index (χ0) is 14.9. The Bertz CT molecular complexity index is 796. The largest absolute Gasteiger partial charge is 0.397 e. The molecule has 0 saturated carbocycles. The molecule has 1 amide bonds. The van der Waals surface area contributed by atoms with Gasteiger partial charge in [0.05, 0.1) is 17.4 Å². The maximum atomic E-state index is 11.2. The van der Waals surface area contributed by atoms with E-state index in [0.29, 0.717) is 5.03 Å². The van der Waals surface area contributed by atoms with E-state index in [1.54, 1.807) is 0 Å². The molecule has 2 rings (SSSR count). The molecule has 0 unspecified atom stereocenters. The van der Waals surface area contributed by atoms with Crippen LogP contribution in [-0.4, -0.2) is 25.7 Å². The molecular weight excluding hydrogens is 284 g/mol. The number of H-pyrrole nitrogens is 1. The first-order chi connectivity index (χ1) is 9.38. The number of hydrogen-bond donors (Lipinski definition) is 3. The van der Waals surface area contributed by atoms with E-state index in [1.807, 2.05) is 0 Å². The Balaban J connectivity index is 2.43. The molecule has 0 bridgehead atoms. The van der Waals surface area contributed by atoms with Gasteiger partial charge in [-0.3, -0.25) is 24.2 Å². The monoisotopic (exact) mass is 294 g/mol. The van der Waals surface area contributed by atoms with E-state index in [-0.39, 0.29) is 16.4 Å². The molecule has 0 aromatic carbocycles. The summed E-state index contributed by atoms with van der Waals surface area (Å²) in [6.45, 7) is 0. The predicted octanol–water partition coefficient (Wildman–Crippen LogP) is -1.30. The highest BCUT2D eigenvalue weighted by Gasteiger charge is 2.11. The number of anilines is 1. The lowest BCUT2D eigenvalue weighted by Crippen LogP contribution is -2.33. The number of amides is 1. The van der Waals surface area contributed by atoms with Crippen molar-refractivity contribution in [2.24, 2.45) is 12.8 Å². The normalized spacial score (nSPS) is 10.4. The molecule has 9 nitrogen and oxygen atoms in total. The van der Waals surface area contributed by atoms with Crippen LogP contribution in [0, 0.1) is 0 Å². The van der Waals surface area contributed by atoms with Crippen LogP contribution in [0.2, 0.25) is 0 Å². The summed E-state index contributed by atoms with van der Waals surface area (Å²) in [5.41, 5.74) is 9.30. The molecule has 0 aliphatic heterocycles. The van der Waals surface area contributed by atoms with Gasteiger partial charge in [-0.15, -0.1) is 0 Å². The summed E-state index contributed by atoms with van der Waals surface area (Å²) in [6, 6.07) is 1.39. The van der Waals surface area contributed by atoms with Gasteiger partial charge in [-0.25, -0.2) is 4.98 Å². The van der Waals surface area contributed by atoms with Crippen molar-refractivity contribution in [1.29, 1.82) is 0 Å². The fourth-order valence-electron chi connectivity index (χ4n) is 1.36. The van der Waals surface area contributed by atoms with Crippen molar-refractivity contribution < 1.29 is 4.79 Å². The van der Waals surface area contributed by atoms with E-state index < -0.39 is 17.0 Å². The van der Waals surface area contributed by atoms with E-state index in [4.69, 9.17) is 11.5 Å². The van der Waals surface area contributed by atoms with Crippen LogP contribution in [0.5, 0.6) is 0 Å². The van der Waals surface area contributed by atoms with Crippen LogP contribution in [-0.2, 0) is 7.05 Å². The van der Waals surface area contributed by atoms with Crippen LogP contribution in [0.15, 0.2) is 32.0 Å². The van der Waals surface area contributed by atoms with Gasteiger partial charge in [0.15, 0.2) is 5.16 Å². The summed E-state index contributed by atoms with van der Waals surface area (Å²) in [7, 11) is 1.52. The van der Waals surface area contributed by atoms with E-state index in [9.17, 15) is 14.4 Å². The second kappa shape index (κ2) is 5.17. The minimum Gasteiger partial charge on any atom is -0.397 e. The molecule has 5 N–H and O–H groups in total. The summed E-state index contributed by atoms with van der Waals surface area (Å²) >= 11 is 0.985. The molecule has 104 valence electrons. The van der Waals surface area contributed by atoms with Gasteiger partial charge < -0.3 is 11.5 Å². The third-order valence-corrected chi connectivity index (χ3v) is 3.30. The van der Waals surface area contributed by atoms with Crippen molar-refractivity contribution in [3.05, 3.63) is 38.5 Å². The maximum absolute atomic E-state index is 11.2. The second-order valence-corrected chi connectivity index (χ2v) is 4.76. The van der Waals surface area contributed by atoms with Gasteiger partial charge in [0, 0.05) is 7.05 Å². The van der Waals surface area contributed by atoms with E-state index in [2.05, 4.69) is 15.1 Å². The van der Waals surface area contributed by atoms with Gasteiger partial charge in [-0.1, -0.05) is 0 Å². The van der Waals surface area contributed by atoms with Gasteiger partial charge in [-0.2, -0.15) is 4.98 Å². The van der Waals surface area contributed by atoms with Gasteiger partial charge in [0.1, 0.15) is 5.03 Å². The van der Waals surface area contributed by atoms with Crippen LogP contribution in [0.25, 0.3) is 0 Å². The molecular formula is C10H10N6O3S. The highest BCUT2D eigenvalue weighted by atomic mass is 32.2. The Morgan fingerprint density at radius 3 is 2.80 bits per heavy atom. The Morgan fingerprint density at radius 2 is 2.15 bits per heavy atom. The molecule has 0 aliphatic rings. The highest BCUT2D eigenvalue weighted by molar-refractivity contribution is 7.99. The van der Waals surface area contributed by atoms with Crippen LogP contribution < -0.4 is 22.6 Å². The molecule has 2 heterocycles. The number of carbonyl (C=O) groups excluding carboxylic acids is 1. The quantitative estimate of drug-likeness (QED) is 0.595. The average molecular weight is 294 g/mol. The van der Waals surface area contributed by atoms with Crippen molar-refractivity contribution >= 4 is 23.4 Å². The lowest BCUT2D eigenvalue weighted by molar-refractivity contribution is 0.100. The van der Waals surface area contributed by atoms with Crippen molar-refractivity contribution in [1.82, 2.24) is 19.7 Å². The summed E-state index contributed by atoms with van der Waals surface area (Å²) in [6.07, 6.45) is 1.28. The van der Waals surface area contributed by atoms with Gasteiger partial charge in [-0.05, 0) is 17.8 Å². The molecule has 20 heavy (non-hydrogen) atoms. The number of nitrogens with two attached hydrogens (primary N) is 2. The lowest BCUT2D eigenvalue weighted by Gasteiger charge is -2.07. The number of aryl methyl sites for hydroxylation is 1. The number of nitrogen functional groups attached to an aromatic ring is 1. The smallest absolute Gasteiger partial charge is 0.339 e. The summed E-state index contributed by atoms with van der Waals surface area (Å²) in [5.74, 6) is -0.685. The molecule has 2 aromatic heterocycles. The van der Waals surface area contributed by atoms with Crippen LogP contribution in [0.4, 0.5) is 5.69 Å². The predicted molar refractivity (Wildman–Crippen MR) is 71.4 cm³/mol. The van der Waals surface area contributed by atoms with Crippen molar-refractivity contribution in [2.75, 3.05) is 5.73 Å². The topological polar surface area (TPSA) is 150 Å². The van der Waals surface area contributed by atoms with Crippen molar-refractivity contribution in [3.8, 4) is 0 Å². The van der Waals surface area contributed by atoms with Crippen LogP contribution in [0.3, 0.4) is 0 Å². The second-order valence-electron chi connectivity index (χ2n) is 3.78. The molecule has 0 aliphatic carbocycles. The summed E-state index contributed by atoms with van der Waals surface area (Å²) in [5, 5.41) is 2.87. The number of hydrogen-bond acceptors (Lipinski definition) is 7. The minimum absolute atomic E-state index is 0.122. The third-order valence-electron chi connectivity index (χ3n) is 2.32. The zero-order valence-electron chi connectivity index (χ0n) is 10.3. The van der Waals surface area contributed by atoms with E-state index >= 15 is 0 Å². The molecule has 2 aromatic rings. The molecule has 0 saturated heterocycles. The number of rotatable bonds is 3. The first-order valence-electron chi connectivity index (χ1n) is 5.29. The number of primary amides is 1. The van der Waals surface area contributed by atoms with Crippen molar-refractivity contribution in [2.45, 2.75) is 10.2 Å². The number of nitrogens with one attached hydrogen (secondary N) is 1. The first-order valence-corrected chi connectivity index (χ1v) is 6.10. The highest BCUT2D eigenvalue weighted by Crippen LogP contribution is 2.24. The minimum atomic E-state index is -0.906. The number of aromatic nitrogens is 4. The Kier molecular flexibility index (Phi) is 3.57. The molecule has 10 heteroatoms. The Morgan fingerprint density at radius 1 is 1.45 bits per heavy atom. The first kappa shape index (κ1) is 13.8. The van der Waals surface area contributed by atoms with Gasteiger partial charge in [0.25, 0.3) is 5.91 Å². The molecule has 0 atom stereocenters. The van der Waals surface area contributed by atoms with E-state index in [0.717, 1.165) is 11.8 Å². The van der Waals surface area contributed by atoms with Crippen molar-refractivity contribution in [3.63, 3.8) is 0 Å². The number of nitrogens with zero attached hydrogens (tertiary/aromatic N) is 3. The maximum Gasteiger partial charge on any atom is 0.339 e. The SMILES string of the molecule is Cn1[nH]c(=O)c(=O)nc1Sc1cc(C(N)=O)c(N)cn1. The summed E-state index contributed by atoms with van der Waals surface area (Å²) < 4.78 is 1.27. The van der Waals surface area contributed by atoms with Gasteiger partial charge >= 0.3 is 11.1 Å². The van der Waals surface area contributed by atoms with Gasteiger partial charge in [0.2, 0.25) is 0 Å². The average Bonchev–Trinajstić information content (AvgIpc) is 2.37. The fourth-order valence-corrected chi connectivity index (χ4v) is 2.14. The fraction of sp³-hybridized carbons (Fsp3) is 0.100. The van der Waals surface area contributed by atoms with Crippen LogP contribution >= 0.6 is 11.8 Å². The molecule has 0 fully saturated rings. The number of carbonyl (C=O) groups is 1.